The van der Waals surface area contributed by atoms with Crippen molar-refractivity contribution in [3.8, 4) is 0 Å². The van der Waals surface area contributed by atoms with Crippen LogP contribution in [0.25, 0.3) is 0 Å². The van der Waals surface area contributed by atoms with Crippen LogP contribution in [0.15, 0.2) is 0 Å². The minimum Gasteiger partial charge on any atom is -0.394 e. The maximum absolute atomic E-state index is 10.9. The van der Waals surface area contributed by atoms with Crippen LogP contribution < -0.4 is 0 Å². The van der Waals surface area contributed by atoms with E-state index < -0.39 is 35.2 Å². The van der Waals surface area contributed by atoms with E-state index in [4.69, 9.17) is 48.7 Å². The second-order valence-electron chi connectivity index (χ2n) is 2.59. The molecular weight excluding hydrogens is 239 g/mol. The van der Waals surface area contributed by atoms with Gasteiger partial charge in [0.05, 0.1) is 6.61 Å². The van der Waals surface area contributed by atoms with Crippen LogP contribution in [0.2, 0.25) is 0 Å². The zero-order valence-electron chi connectivity index (χ0n) is 6.84. The number of aliphatic hydroxyl groups excluding tert-OH is 4. The maximum atomic E-state index is 10.9. The summed E-state index contributed by atoms with van der Waals surface area (Å²) in [4.78, 5) is 10.9. The number of rotatable bonds is 5. The second kappa shape index (κ2) is 5.22. The molecule has 0 rings (SSSR count). The van der Waals surface area contributed by atoms with Gasteiger partial charge in [-0.05, 0) is 0 Å². The SMILES string of the molecule is O=C([C@@H](O)[C@H](O)[C@H](O)CO)C(O)(Cl)Cl. The first-order valence-electron chi connectivity index (χ1n) is 3.51. The lowest BCUT2D eigenvalue weighted by Crippen LogP contribution is -2.48. The van der Waals surface area contributed by atoms with Crippen LogP contribution in [0.5, 0.6) is 0 Å². The normalized spacial score (nSPS) is 18.8. The molecule has 0 radical (unpaired) electrons. The Labute approximate surface area is 89.3 Å². The zero-order valence-corrected chi connectivity index (χ0v) is 8.35. The monoisotopic (exact) mass is 248 g/mol. The van der Waals surface area contributed by atoms with Gasteiger partial charge in [0.2, 0.25) is 5.78 Å². The summed E-state index contributed by atoms with van der Waals surface area (Å²) in [6, 6.07) is 0. The van der Waals surface area contributed by atoms with Crippen molar-refractivity contribution in [2.45, 2.75) is 22.8 Å². The maximum Gasteiger partial charge on any atom is 0.278 e. The van der Waals surface area contributed by atoms with Crippen LogP contribution in [0, 0.1) is 0 Å². The smallest absolute Gasteiger partial charge is 0.278 e. The minimum absolute atomic E-state index is 0.867. The Hall–Kier alpha value is 0.0500. The molecule has 84 valence electrons. The van der Waals surface area contributed by atoms with Crippen LogP contribution in [-0.4, -0.2) is 60.8 Å². The molecule has 0 heterocycles. The highest BCUT2D eigenvalue weighted by Crippen LogP contribution is 2.21. The summed E-state index contributed by atoms with van der Waals surface area (Å²) in [5, 5.41) is 44.0. The van der Waals surface area contributed by atoms with E-state index in [0.29, 0.717) is 0 Å². The number of aliphatic hydroxyl groups is 5. The molecule has 0 unspecified atom stereocenters. The molecular formula is C6H10Cl2O6. The first-order valence-corrected chi connectivity index (χ1v) is 4.27. The number of alkyl halides is 2. The van der Waals surface area contributed by atoms with Crippen LogP contribution in [0.4, 0.5) is 0 Å². The van der Waals surface area contributed by atoms with Crippen LogP contribution in [0.3, 0.4) is 0 Å². The molecule has 14 heavy (non-hydrogen) atoms. The highest BCUT2D eigenvalue weighted by atomic mass is 35.5. The number of carbonyl (C=O) groups is 1. The number of carbonyl (C=O) groups excluding carboxylic acids is 1. The number of halogens is 2. The van der Waals surface area contributed by atoms with Crippen molar-refractivity contribution in [1.82, 2.24) is 0 Å². The van der Waals surface area contributed by atoms with Gasteiger partial charge in [-0.3, -0.25) is 4.79 Å². The lowest BCUT2D eigenvalue weighted by molar-refractivity contribution is -0.146. The Morgan fingerprint density at radius 1 is 1.29 bits per heavy atom. The van der Waals surface area contributed by atoms with Crippen molar-refractivity contribution in [3.05, 3.63) is 0 Å². The first kappa shape index (κ1) is 14.1. The largest absolute Gasteiger partial charge is 0.394 e. The number of hydrogen-bond acceptors (Lipinski definition) is 6. The fourth-order valence-corrected chi connectivity index (χ4v) is 0.875. The molecule has 0 aliphatic carbocycles. The van der Waals surface area contributed by atoms with Crippen molar-refractivity contribution in [2.24, 2.45) is 0 Å². The third-order valence-corrected chi connectivity index (χ3v) is 1.84. The zero-order chi connectivity index (χ0) is 11.5. The van der Waals surface area contributed by atoms with Gasteiger partial charge in [-0.25, -0.2) is 0 Å². The Balaban J connectivity index is 4.47. The third-order valence-electron chi connectivity index (χ3n) is 1.47. The van der Waals surface area contributed by atoms with Gasteiger partial charge in [0, 0.05) is 0 Å². The van der Waals surface area contributed by atoms with Crippen LogP contribution in [0.1, 0.15) is 0 Å². The Morgan fingerprint density at radius 2 is 1.71 bits per heavy atom. The quantitative estimate of drug-likeness (QED) is 0.351. The highest BCUT2D eigenvalue weighted by molar-refractivity contribution is 6.57. The van der Waals surface area contributed by atoms with E-state index in [2.05, 4.69) is 0 Å². The molecule has 8 heteroatoms. The van der Waals surface area contributed by atoms with Gasteiger partial charge in [0.15, 0.2) is 0 Å². The predicted octanol–water partition coefficient (Wildman–Crippen LogP) is -2.25. The molecule has 0 aromatic heterocycles. The summed E-state index contributed by atoms with van der Waals surface area (Å²) >= 11 is 9.85. The van der Waals surface area contributed by atoms with Crippen molar-refractivity contribution in [2.75, 3.05) is 6.61 Å². The number of hydrogen-bond donors (Lipinski definition) is 5. The Kier molecular flexibility index (Phi) is 5.24. The molecule has 0 aromatic carbocycles. The Bertz CT molecular complexity index is 203. The van der Waals surface area contributed by atoms with Gasteiger partial charge in [0.25, 0.3) is 4.52 Å². The molecule has 5 N–H and O–H groups in total. The highest BCUT2D eigenvalue weighted by Gasteiger charge is 2.41. The van der Waals surface area contributed by atoms with Crippen molar-refractivity contribution in [3.63, 3.8) is 0 Å². The average molecular weight is 249 g/mol. The summed E-state index contributed by atoms with van der Waals surface area (Å²) in [6.07, 6.45) is -5.89. The van der Waals surface area contributed by atoms with E-state index in [9.17, 15) is 4.79 Å². The molecule has 0 amide bonds. The lowest BCUT2D eigenvalue weighted by Gasteiger charge is -2.23. The van der Waals surface area contributed by atoms with Crippen LogP contribution in [-0.2, 0) is 4.79 Å². The molecule has 0 aliphatic rings. The van der Waals surface area contributed by atoms with E-state index in [1.165, 1.54) is 0 Å². The number of Topliss-reactive ketones (excluding diaryl/α,β-unsaturated/α-hetero) is 1. The molecule has 0 saturated heterocycles. The lowest BCUT2D eigenvalue weighted by atomic mass is 10.1. The summed E-state index contributed by atoms with van der Waals surface area (Å²) in [5.74, 6) is -1.49. The molecule has 0 aliphatic heterocycles. The fraction of sp³-hybridized carbons (Fsp3) is 0.833. The molecule has 6 nitrogen and oxygen atoms in total. The molecule has 3 atom stereocenters. The van der Waals surface area contributed by atoms with Crippen molar-refractivity contribution in [1.29, 1.82) is 0 Å². The number of ketones is 1. The van der Waals surface area contributed by atoms with Gasteiger partial charge < -0.3 is 25.5 Å². The standard InChI is InChI=1S/C6H10Cl2O6/c7-6(8,14)5(13)4(12)3(11)2(10)1-9/h2-4,9-12,14H,1H2/t2-,3-,4+/m1/s1. The van der Waals surface area contributed by atoms with E-state index >= 15 is 0 Å². The van der Waals surface area contributed by atoms with Crippen molar-refractivity contribution >= 4 is 29.0 Å². The summed E-state index contributed by atoms with van der Waals surface area (Å²) in [6.45, 7) is -0.867. The molecule has 0 spiro atoms. The third kappa shape index (κ3) is 3.66. The molecule has 0 aromatic rings. The average Bonchev–Trinajstić information content (AvgIpc) is 2.11. The van der Waals surface area contributed by atoms with E-state index in [-0.39, 0.29) is 0 Å². The van der Waals surface area contributed by atoms with Gasteiger partial charge in [0.1, 0.15) is 18.3 Å². The van der Waals surface area contributed by atoms with Crippen molar-refractivity contribution < 1.29 is 30.3 Å². The van der Waals surface area contributed by atoms with Gasteiger partial charge in [-0.2, -0.15) is 0 Å². The van der Waals surface area contributed by atoms with E-state index in [1.54, 1.807) is 0 Å². The fourth-order valence-electron chi connectivity index (χ4n) is 0.651. The first-order chi connectivity index (χ1) is 6.21. The minimum atomic E-state index is -2.85. The predicted molar refractivity (Wildman–Crippen MR) is 46.8 cm³/mol. The Morgan fingerprint density at radius 3 is 2.00 bits per heavy atom. The summed E-state index contributed by atoms with van der Waals surface area (Å²) in [7, 11) is 0. The van der Waals surface area contributed by atoms with Gasteiger partial charge in [-0.1, -0.05) is 23.2 Å². The van der Waals surface area contributed by atoms with Crippen LogP contribution >= 0.6 is 23.2 Å². The van der Waals surface area contributed by atoms with E-state index in [1.807, 2.05) is 0 Å². The molecule has 0 saturated carbocycles. The molecule has 0 fully saturated rings. The topological polar surface area (TPSA) is 118 Å². The molecule has 0 bridgehead atoms. The summed E-state index contributed by atoms with van der Waals surface area (Å²) in [5.41, 5.74) is 0. The second-order valence-corrected chi connectivity index (χ2v) is 3.88. The van der Waals surface area contributed by atoms with Gasteiger partial charge >= 0.3 is 0 Å². The summed E-state index contributed by atoms with van der Waals surface area (Å²) < 4.78 is -2.85. The van der Waals surface area contributed by atoms with E-state index in [0.717, 1.165) is 0 Å². The van der Waals surface area contributed by atoms with Gasteiger partial charge in [-0.15, -0.1) is 0 Å².